The van der Waals surface area contributed by atoms with Gasteiger partial charge in [0.05, 0.1) is 16.6 Å². The standard InChI is InChI=1S/C16H21ClN2S/c1-13(2)19(11-14-6-4-3-5-7-14)9-8-16-18-15(10-17)12-20-16/h3-7,12-13H,8-11H2,1-2H3. The summed E-state index contributed by atoms with van der Waals surface area (Å²) in [5, 5.41) is 3.23. The molecule has 0 aliphatic rings. The lowest BCUT2D eigenvalue weighted by atomic mass is 10.2. The summed E-state index contributed by atoms with van der Waals surface area (Å²) in [5.41, 5.74) is 2.35. The summed E-state index contributed by atoms with van der Waals surface area (Å²) in [6, 6.07) is 11.2. The lowest BCUT2D eigenvalue weighted by Crippen LogP contribution is -2.32. The van der Waals surface area contributed by atoms with Gasteiger partial charge >= 0.3 is 0 Å². The largest absolute Gasteiger partial charge is 0.296 e. The van der Waals surface area contributed by atoms with E-state index < -0.39 is 0 Å². The first-order valence-electron chi connectivity index (χ1n) is 6.96. The molecular weight excluding hydrogens is 288 g/mol. The molecule has 108 valence electrons. The van der Waals surface area contributed by atoms with Crippen molar-refractivity contribution in [2.75, 3.05) is 6.54 Å². The van der Waals surface area contributed by atoms with Crippen LogP contribution >= 0.6 is 22.9 Å². The first kappa shape index (κ1) is 15.5. The topological polar surface area (TPSA) is 16.1 Å². The lowest BCUT2D eigenvalue weighted by Gasteiger charge is -2.26. The number of nitrogens with zero attached hydrogens (tertiary/aromatic N) is 2. The molecule has 0 aliphatic carbocycles. The smallest absolute Gasteiger partial charge is 0.0941 e. The van der Waals surface area contributed by atoms with Gasteiger partial charge in [-0.15, -0.1) is 22.9 Å². The predicted octanol–water partition coefficient (Wildman–Crippen LogP) is 4.34. The molecule has 0 spiro atoms. The molecule has 0 bridgehead atoms. The van der Waals surface area contributed by atoms with E-state index in [1.807, 2.05) is 0 Å². The van der Waals surface area contributed by atoms with E-state index in [2.05, 4.69) is 59.4 Å². The van der Waals surface area contributed by atoms with Crippen molar-refractivity contribution in [3.05, 3.63) is 52.0 Å². The summed E-state index contributed by atoms with van der Waals surface area (Å²) < 4.78 is 0. The van der Waals surface area contributed by atoms with Crippen molar-refractivity contribution in [3.8, 4) is 0 Å². The van der Waals surface area contributed by atoms with Gasteiger partial charge in [0, 0.05) is 30.9 Å². The molecule has 0 fully saturated rings. The SMILES string of the molecule is CC(C)N(CCc1nc(CCl)cs1)Cc1ccccc1. The maximum atomic E-state index is 5.79. The second-order valence-corrected chi connectivity index (χ2v) is 6.38. The Hall–Kier alpha value is -0.900. The van der Waals surface area contributed by atoms with E-state index in [4.69, 9.17) is 11.6 Å². The zero-order chi connectivity index (χ0) is 14.4. The van der Waals surface area contributed by atoms with Gasteiger partial charge in [0.2, 0.25) is 0 Å². The number of alkyl halides is 1. The van der Waals surface area contributed by atoms with E-state index in [1.54, 1.807) is 11.3 Å². The Bertz CT molecular complexity index is 510. The molecule has 0 saturated carbocycles. The zero-order valence-electron chi connectivity index (χ0n) is 12.1. The van der Waals surface area contributed by atoms with E-state index in [-0.39, 0.29) is 0 Å². The van der Waals surface area contributed by atoms with Crippen LogP contribution in [0.5, 0.6) is 0 Å². The molecule has 4 heteroatoms. The van der Waals surface area contributed by atoms with Crippen molar-refractivity contribution in [2.24, 2.45) is 0 Å². The van der Waals surface area contributed by atoms with Gasteiger partial charge in [0.1, 0.15) is 0 Å². The minimum Gasteiger partial charge on any atom is -0.296 e. The van der Waals surface area contributed by atoms with Crippen LogP contribution in [0.15, 0.2) is 35.7 Å². The van der Waals surface area contributed by atoms with E-state index in [1.165, 1.54) is 10.6 Å². The second kappa shape index (κ2) is 7.77. The number of hydrogen-bond donors (Lipinski definition) is 0. The Morgan fingerprint density at radius 3 is 2.60 bits per heavy atom. The van der Waals surface area contributed by atoms with Crippen molar-refractivity contribution in [1.82, 2.24) is 9.88 Å². The Morgan fingerprint density at radius 2 is 2.00 bits per heavy atom. The van der Waals surface area contributed by atoms with Gasteiger partial charge in [-0.25, -0.2) is 4.98 Å². The van der Waals surface area contributed by atoms with Crippen LogP contribution in [0.3, 0.4) is 0 Å². The fraction of sp³-hybridized carbons (Fsp3) is 0.438. The molecule has 2 aromatic rings. The van der Waals surface area contributed by atoms with Gasteiger partial charge in [0.15, 0.2) is 0 Å². The molecule has 20 heavy (non-hydrogen) atoms. The van der Waals surface area contributed by atoms with Crippen LogP contribution in [0.1, 0.15) is 30.1 Å². The summed E-state index contributed by atoms with van der Waals surface area (Å²) in [6.07, 6.45) is 0.993. The van der Waals surface area contributed by atoms with Gasteiger partial charge in [-0.2, -0.15) is 0 Å². The molecule has 0 aliphatic heterocycles. The van der Waals surface area contributed by atoms with Crippen molar-refractivity contribution in [2.45, 2.75) is 38.7 Å². The summed E-state index contributed by atoms with van der Waals surface area (Å²) in [6.45, 7) is 6.51. The predicted molar refractivity (Wildman–Crippen MR) is 87.4 cm³/mol. The molecular formula is C16H21ClN2S. The van der Waals surface area contributed by atoms with Crippen LogP contribution in [0.4, 0.5) is 0 Å². The van der Waals surface area contributed by atoms with E-state index in [9.17, 15) is 0 Å². The minimum atomic E-state index is 0.508. The fourth-order valence-electron chi connectivity index (χ4n) is 2.10. The molecule has 0 amide bonds. The van der Waals surface area contributed by atoms with Crippen LogP contribution in [0.2, 0.25) is 0 Å². The maximum Gasteiger partial charge on any atom is 0.0941 e. The van der Waals surface area contributed by atoms with Crippen LogP contribution < -0.4 is 0 Å². The number of benzene rings is 1. The Labute approximate surface area is 130 Å². The molecule has 0 N–H and O–H groups in total. The fourth-order valence-corrected chi connectivity index (χ4v) is 3.12. The third-order valence-corrected chi connectivity index (χ3v) is 4.54. The Balaban J connectivity index is 1.92. The highest BCUT2D eigenvalue weighted by Gasteiger charge is 2.11. The van der Waals surface area contributed by atoms with E-state index in [0.717, 1.165) is 25.2 Å². The second-order valence-electron chi connectivity index (χ2n) is 5.17. The molecule has 0 unspecified atom stereocenters. The number of halogens is 1. The normalized spacial score (nSPS) is 11.4. The molecule has 2 nitrogen and oxygen atoms in total. The Morgan fingerprint density at radius 1 is 1.25 bits per heavy atom. The van der Waals surface area contributed by atoms with Gasteiger partial charge in [-0.3, -0.25) is 4.90 Å². The van der Waals surface area contributed by atoms with Crippen molar-refractivity contribution in [3.63, 3.8) is 0 Å². The van der Waals surface area contributed by atoms with Crippen LogP contribution in [-0.4, -0.2) is 22.5 Å². The van der Waals surface area contributed by atoms with E-state index in [0.29, 0.717) is 11.9 Å². The molecule has 1 aromatic heterocycles. The maximum absolute atomic E-state index is 5.79. The minimum absolute atomic E-state index is 0.508. The monoisotopic (exact) mass is 308 g/mol. The third-order valence-electron chi connectivity index (χ3n) is 3.31. The molecule has 0 atom stereocenters. The quantitative estimate of drug-likeness (QED) is 0.708. The average Bonchev–Trinajstić information content (AvgIpc) is 2.92. The summed E-state index contributed by atoms with van der Waals surface area (Å²) in [5.74, 6) is 0.508. The number of rotatable bonds is 7. The van der Waals surface area contributed by atoms with Crippen molar-refractivity contribution in [1.29, 1.82) is 0 Å². The number of thiazole rings is 1. The molecule has 1 aromatic carbocycles. The number of aromatic nitrogens is 1. The molecule has 0 radical (unpaired) electrons. The van der Waals surface area contributed by atoms with Crippen LogP contribution in [-0.2, 0) is 18.8 Å². The van der Waals surface area contributed by atoms with Gasteiger partial charge < -0.3 is 0 Å². The lowest BCUT2D eigenvalue weighted by molar-refractivity contribution is 0.215. The van der Waals surface area contributed by atoms with Gasteiger partial charge in [0.25, 0.3) is 0 Å². The first-order chi connectivity index (χ1) is 9.69. The average molecular weight is 309 g/mol. The molecule has 2 rings (SSSR count). The highest BCUT2D eigenvalue weighted by Crippen LogP contribution is 2.14. The zero-order valence-corrected chi connectivity index (χ0v) is 13.6. The summed E-state index contributed by atoms with van der Waals surface area (Å²) >= 11 is 7.51. The summed E-state index contributed by atoms with van der Waals surface area (Å²) in [7, 11) is 0. The van der Waals surface area contributed by atoms with Crippen LogP contribution in [0.25, 0.3) is 0 Å². The highest BCUT2D eigenvalue weighted by atomic mass is 35.5. The van der Waals surface area contributed by atoms with Gasteiger partial charge in [-0.1, -0.05) is 30.3 Å². The van der Waals surface area contributed by atoms with Crippen molar-refractivity contribution >= 4 is 22.9 Å². The van der Waals surface area contributed by atoms with Gasteiger partial charge in [-0.05, 0) is 19.4 Å². The highest BCUT2D eigenvalue weighted by molar-refractivity contribution is 7.09. The molecule has 0 saturated heterocycles. The first-order valence-corrected chi connectivity index (χ1v) is 8.37. The Kier molecular flexibility index (Phi) is 6.02. The molecule has 1 heterocycles. The third kappa shape index (κ3) is 4.58. The summed E-state index contributed by atoms with van der Waals surface area (Å²) in [4.78, 5) is 7.01. The number of hydrogen-bond acceptors (Lipinski definition) is 3. The van der Waals surface area contributed by atoms with Crippen molar-refractivity contribution < 1.29 is 0 Å². The van der Waals surface area contributed by atoms with E-state index >= 15 is 0 Å². The van der Waals surface area contributed by atoms with Crippen LogP contribution in [0, 0.1) is 0 Å².